The summed E-state index contributed by atoms with van der Waals surface area (Å²) in [4.78, 5) is 0. The first-order valence-electron chi connectivity index (χ1n) is 10.3. The molecular formula is C21H46N+. The minimum absolute atomic E-state index is 0.933. The Balaban J connectivity index is 3.28. The van der Waals surface area contributed by atoms with E-state index in [1.54, 1.807) is 0 Å². The lowest BCUT2D eigenvalue weighted by atomic mass is 9.96. The highest BCUT2D eigenvalue weighted by Gasteiger charge is 2.15. The third-order valence-electron chi connectivity index (χ3n) is 4.85. The van der Waals surface area contributed by atoms with Crippen LogP contribution in [0.3, 0.4) is 0 Å². The molecule has 1 nitrogen and oxygen atoms in total. The van der Waals surface area contributed by atoms with Gasteiger partial charge < -0.3 is 4.48 Å². The summed E-state index contributed by atoms with van der Waals surface area (Å²) in [6, 6.07) is 0. The van der Waals surface area contributed by atoms with Crippen molar-refractivity contribution in [1.29, 1.82) is 0 Å². The number of rotatable bonds is 16. The third-order valence-corrected chi connectivity index (χ3v) is 4.85. The Bertz CT molecular complexity index is 216. The van der Waals surface area contributed by atoms with Crippen LogP contribution in [-0.2, 0) is 0 Å². The fourth-order valence-corrected chi connectivity index (χ4v) is 3.47. The van der Waals surface area contributed by atoms with E-state index in [1.807, 2.05) is 0 Å². The molecule has 22 heavy (non-hydrogen) atoms. The summed E-state index contributed by atoms with van der Waals surface area (Å²) >= 11 is 0. The molecule has 0 aliphatic heterocycles. The Kier molecular flexibility index (Phi) is 14.5. The van der Waals surface area contributed by atoms with Crippen molar-refractivity contribution in [2.45, 2.75) is 104 Å². The van der Waals surface area contributed by atoms with Crippen LogP contribution in [0, 0.1) is 5.92 Å². The van der Waals surface area contributed by atoms with Gasteiger partial charge in [0, 0.05) is 5.92 Å². The van der Waals surface area contributed by atoms with Gasteiger partial charge in [0.2, 0.25) is 0 Å². The summed E-state index contributed by atoms with van der Waals surface area (Å²) < 4.78 is 1.12. The smallest absolute Gasteiger partial charge is 0.0808 e. The van der Waals surface area contributed by atoms with Crippen molar-refractivity contribution in [3.05, 3.63) is 0 Å². The first kappa shape index (κ1) is 22.0. The Hall–Kier alpha value is -0.0400. The molecule has 0 saturated heterocycles. The van der Waals surface area contributed by atoms with Gasteiger partial charge in [0.15, 0.2) is 0 Å². The monoisotopic (exact) mass is 312 g/mol. The van der Waals surface area contributed by atoms with Crippen LogP contribution in [0.5, 0.6) is 0 Å². The lowest BCUT2D eigenvalue weighted by Gasteiger charge is -2.28. The number of unbranched alkanes of at least 4 members (excludes halogenated alkanes) is 11. The van der Waals surface area contributed by atoms with Crippen molar-refractivity contribution in [3.63, 3.8) is 0 Å². The van der Waals surface area contributed by atoms with Crippen LogP contribution in [0.2, 0.25) is 0 Å². The molecule has 0 aromatic heterocycles. The topological polar surface area (TPSA) is 0 Å². The zero-order valence-corrected chi connectivity index (χ0v) is 16.6. The van der Waals surface area contributed by atoms with Crippen molar-refractivity contribution in [1.82, 2.24) is 0 Å². The third kappa shape index (κ3) is 16.3. The van der Waals surface area contributed by atoms with Gasteiger partial charge in [-0.15, -0.1) is 0 Å². The fraction of sp³-hybridized carbons (Fsp3) is 1.00. The molecule has 0 amide bonds. The molecule has 0 aliphatic rings. The van der Waals surface area contributed by atoms with E-state index in [-0.39, 0.29) is 0 Å². The molecule has 0 aromatic carbocycles. The average molecular weight is 313 g/mol. The SMILES string of the molecule is CCCCCCCCCCCCCCC(CC)C[N+](C)(C)C. The molecule has 0 aliphatic carbocycles. The molecule has 1 unspecified atom stereocenters. The summed E-state index contributed by atoms with van der Waals surface area (Å²) in [6.45, 7) is 6.00. The normalized spacial score (nSPS) is 13.5. The molecule has 0 radical (unpaired) electrons. The second-order valence-electron chi connectivity index (χ2n) is 8.42. The fourth-order valence-electron chi connectivity index (χ4n) is 3.47. The van der Waals surface area contributed by atoms with Crippen molar-refractivity contribution in [2.75, 3.05) is 27.7 Å². The van der Waals surface area contributed by atoms with Crippen LogP contribution < -0.4 is 0 Å². The number of nitrogens with zero attached hydrogens (tertiary/aromatic N) is 1. The molecule has 134 valence electrons. The summed E-state index contributed by atoms with van der Waals surface area (Å²) in [7, 11) is 6.97. The lowest BCUT2D eigenvalue weighted by molar-refractivity contribution is -0.874. The number of hydrogen-bond donors (Lipinski definition) is 0. The maximum absolute atomic E-state index is 2.36. The second-order valence-corrected chi connectivity index (χ2v) is 8.42. The molecular weight excluding hydrogens is 266 g/mol. The maximum atomic E-state index is 2.36. The summed E-state index contributed by atoms with van der Waals surface area (Å²) in [5.74, 6) is 0.933. The minimum Gasteiger partial charge on any atom is -0.331 e. The molecule has 1 atom stereocenters. The van der Waals surface area contributed by atoms with E-state index in [2.05, 4.69) is 35.0 Å². The van der Waals surface area contributed by atoms with E-state index in [9.17, 15) is 0 Å². The predicted octanol–water partition coefficient (Wildman–Crippen LogP) is 6.81. The molecule has 0 heterocycles. The lowest BCUT2D eigenvalue weighted by Crippen LogP contribution is -2.39. The van der Waals surface area contributed by atoms with Gasteiger partial charge in [-0.05, 0) is 12.8 Å². The zero-order valence-electron chi connectivity index (χ0n) is 16.6. The van der Waals surface area contributed by atoms with E-state index < -0.39 is 0 Å². The van der Waals surface area contributed by atoms with Gasteiger partial charge in [-0.25, -0.2) is 0 Å². The Labute approximate surface area is 142 Å². The van der Waals surface area contributed by atoms with Crippen LogP contribution in [0.15, 0.2) is 0 Å². The van der Waals surface area contributed by atoms with Crippen molar-refractivity contribution in [2.24, 2.45) is 5.92 Å². The van der Waals surface area contributed by atoms with Gasteiger partial charge >= 0.3 is 0 Å². The first-order chi connectivity index (χ1) is 10.5. The minimum atomic E-state index is 0.933. The van der Waals surface area contributed by atoms with Crippen LogP contribution in [-0.4, -0.2) is 32.2 Å². The van der Waals surface area contributed by atoms with Gasteiger partial charge in [0.05, 0.1) is 27.7 Å². The Morgan fingerprint density at radius 1 is 0.591 bits per heavy atom. The molecule has 0 bridgehead atoms. The Morgan fingerprint density at radius 3 is 1.36 bits per heavy atom. The van der Waals surface area contributed by atoms with Crippen molar-refractivity contribution < 1.29 is 4.48 Å². The molecule has 0 N–H and O–H groups in total. The van der Waals surface area contributed by atoms with E-state index in [4.69, 9.17) is 0 Å². The van der Waals surface area contributed by atoms with Gasteiger partial charge in [0.1, 0.15) is 0 Å². The molecule has 0 saturated carbocycles. The first-order valence-corrected chi connectivity index (χ1v) is 10.3. The van der Waals surface area contributed by atoms with E-state index in [0.717, 1.165) is 10.4 Å². The van der Waals surface area contributed by atoms with E-state index in [0.29, 0.717) is 0 Å². The summed E-state index contributed by atoms with van der Waals surface area (Å²) in [6.07, 6.45) is 20.3. The quantitative estimate of drug-likeness (QED) is 0.217. The van der Waals surface area contributed by atoms with Crippen LogP contribution in [0.4, 0.5) is 0 Å². The van der Waals surface area contributed by atoms with Crippen LogP contribution >= 0.6 is 0 Å². The highest BCUT2D eigenvalue weighted by molar-refractivity contribution is 4.57. The zero-order chi connectivity index (χ0) is 16.7. The van der Waals surface area contributed by atoms with Gasteiger partial charge in [-0.3, -0.25) is 0 Å². The maximum Gasteiger partial charge on any atom is 0.0808 e. The predicted molar refractivity (Wildman–Crippen MR) is 102 cm³/mol. The molecule has 0 rings (SSSR count). The molecule has 0 aromatic rings. The van der Waals surface area contributed by atoms with Crippen LogP contribution in [0.25, 0.3) is 0 Å². The standard InChI is InChI=1S/C21H46N/c1-6-8-9-10-11-12-13-14-15-16-17-18-19-21(7-2)20-22(3,4)5/h21H,6-20H2,1-5H3/q+1. The van der Waals surface area contributed by atoms with Crippen molar-refractivity contribution >= 4 is 0 Å². The van der Waals surface area contributed by atoms with Gasteiger partial charge in [0.25, 0.3) is 0 Å². The second kappa shape index (κ2) is 14.5. The average Bonchev–Trinajstić information content (AvgIpc) is 2.46. The number of quaternary nitrogens is 1. The highest BCUT2D eigenvalue weighted by atomic mass is 15.3. The number of hydrogen-bond acceptors (Lipinski definition) is 0. The summed E-state index contributed by atoms with van der Waals surface area (Å²) in [5, 5.41) is 0. The summed E-state index contributed by atoms with van der Waals surface area (Å²) in [5.41, 5.74) is 0. The van der Waals surface area contributed by atoms with Gasteiger partial charge in [-0.2, -0.15) is 0 Å². The van der Waals surface area contributed by atoms with Crippen molar-refractivity contribution in [3.8, 4) is 0 Å². The van der Waals surface area contributed by atoms with E-state index in [1.165, 1.54) is 96.4 Å². The van der Waals surface area contributed by atoms with Crippen LogP contribution in [0.1, 0.15) is 104 Å². The molecule has 0 fully saturated rings. The Morgan fingerprint density at radius 2 is 1.00 bits per heavy atom. The molecule has 1 heteroatoms. The largest absolute Gasteiger partial charge is 0.331 e. The molecule has 0 spiro atoms. The highest BCUT2D eigenvalue weighted by Crippen LogP contribution is 2.18. The van der Waals surface area contributed by atoms with E-state index >= 15 is 0 Å². The van der Waals surface area contributed by atoms with Gasteiger partial charge in [-0.1, -0.05) is 90.9 Å².